The van der Waals surface area contributed by atoms with Gasteiger partial charge in [-0.25, -0.2) is 0 Å². The quantitative estimate of drug-likeness (QED) is 0.910. The first-order valence-corrected chi connectivity index (χ1v) is 9.54. The first-order chi connectivity index (χ1) is 13.0. The van der Waals surface area contributed by atoms with Crippen LogP contribution in [0, 0.1) is 0 Å². The number of primary amides is 1. The van der Waals surface area contributed by atoms with Crippen LogP contribution < -0.4 is 10.6 Å². The number of nitrogens with two attached hydrogens (primary N) is 1. The molecule has 2 aromatic rings. The van der Waals surface area contributed by atoms with Gasteiger partial charge in [0.25, 0.3) is 0 Å². The largest absolute Gasteiger partial charge is 0.368 e. The van der Waals surface area contributed by atoms with E-state index in [-0.39, 0.29) is 24.4 Å². The lowest BCUT2D eigenvalue weighted by molar-refractivity contribution is -0.126. The van der Waals surface area contributed by atoms with Gasteiger partial charge in [-0.2, -0.15) is 0 Å². The molecule has 0 aliphatic carbocycles. The van der Waals surface area contributed by atoms with E-state index in [9.17, 15) is 9.59 Å². The first-order valence-electron chi connectivity index (χ1n) is 9.54. The summed E-state index contributed by atoms with van der Waals surface area (Å²) in [6.45, 7) is 2.85. The number of amides is 2. The number of para-hydroxylation sites is 1. The van der Waals surface area contributed by atoms with Crippen molar-refractivity contribution >= 4 is 17.5 Å². The van der Waals surface area contributed by atoms with E-state index in [0.717, 1.165) is 29.7 Å². The number of rotatable bonds is 3. The van der Waals surface area contributed by atoms with E-state index in [1.807, 2.05) is 46.2 Å². The van der Waals surface area contributed by atoms with E-state index in [4.69, 9.17) is 5.73 Å². The molecule has 0 unspecified atom stereocenters. The van der Waals surface area contributed by atoms with Crippen molar-refractivity contribution in [2.75, 3.05) is 11.4 Å². The van der Waals surface area contributed by atoms with E-state index in [1.54, 1.807) is 0 Å². The Bertz CT molecular complexity index is 879. The molecule has 140 valence electrons. The van der Waals surface area contributed by atoms with Crippen molar-refractivity contribution in [3.63, 3.8) is 0 Å². The average molecular weight is 363 g/mol. The Kier molecular flexibility index (Phi) is 4.70. The Morgan fingerprint density at radius 2 is 1.70 bits per heavy atom. The van der Waals surface area contributed by atoms with Gasteiger partial charge in [0.2, 0.25) is 11.8 Å². The second-order valence-electron chi connectivity index (χ2n) is 7.58. The van der Waals surface area contributed by atoms with Gasteiger partial charge in [0.15, 0.2) is 0 Å². The van der Waals surface area contributed by atoms with Gasteiger partial charge in [-0.15, -0.1) is 0 Å². The number of anilines is 1. The van der Waals surface area contributed by atoms with E-state index in [0.29, 0.717) is 13.0 Å². The van der Waals surface area contributed by atoms with Crippen molar-refractivity contribution in [3.8, 4) is 0 Å². The molecule has 5 heteroatoms. The van der Waals surface area contributed by atoms with Crippen LogP contribution in [0.25, 0.3) is 0 Å². The molecule has 2 atom stereocenters. The Morgan fingerprint density at radius 3 is 2.44 bits per heavy atom. The summed E-state index contributed by atoms with van der Waals surface area (Å²) in [7, 11) is 0. The number of carbonyl (C=O) groups excluding carboxylic acids is 2. The van der Waals surface area contributed by atoms with Crippen LogP contribution in [0.3, 0.4) is 0 Å². The third-order valence-corrected chi connectivity index (χ3v) is 5.80. The van der Waals surface area contributed by atoms with Gasteiger partial charge in [0.1, 0.15) is 0 Å². The first kappa shape index (κ1) is 17.7. The molecule has 2 aliphatic rings. The summed E-state index contributed by atoms with van der Waals surface area (Å²) in [5.74, 6) is -0.343. The number of nitrogens with zero attached hydrogens (tertiary/aromatic N) is 2. The van der Waals surface area contributed by atoms with E-state index in [1.165, 1.54) is 5.56 Å². The Labute approximate surface area is 159 Å². The fourth-order valence-corrected chi connectivity index (χ4v) is 4.34. The molecule has 0 spiro atoms. The summed E-state index contributed by atoms with van der Waals surface area (Å²) in [5, 5.41) is 0. The van der Waals surface area contributed by atoms with Gasteiger partial charge in [0, 0.05) is 18.3 Å². The summed E-state index contributed by atoms with van der Waals surface area (Å²) in [4.78, 5) is 29.1. The molecule has 0 bridgehead atoms. The monoisotopic (exact) mass is 363 g/mol. The molecule has 2 amide bonds. The number of fused-ring (bicyclic) bond motifs is 2. The SMILES string of the molecule is C[C@H]1CCc2ccccc2N1C(=O)CN1Cc2ccccc2C[C@H]1C(N)=O. The van der Waals surface area contributed by atoms with Crippen LogP contribution in [-0.4, -0.2) is 35.3 Å². The Morgan fingerprint density at radius 1 is 1.04 bits per heavy atom. The second-order valence-corrected chi connectivity index (χ2v) is 7.58. The predicted octanol–water partition coefficient (Wildman–Crippen LogP) is 2.27. The number of aryl methyl sites for hydroxylation is 1. The van der Waals surface area contributed by atoms with Crippen molar-refractivity contribution in [1.29, 1.82) is 0 Å². The van der Waals surface area contributed by atoms with Crippen molar-refractivity contribution in [3.05, 3.63) is 65.2 Å². The molecule has 0 saturated carbocycles. The second kappa shape index (κ2) is 7.16. The van der Waals surface area contributed by atoms with Gasteiger partial charge >= 0.3 is 0 Å². The predicted molar refractivity (Wildman–Crippen MR) is 105 cm³/mol. The lowest BCUT2D eigenvalue weighted by Gasteiger charge is -2.39. The number of hydrogen-bond acceptors (Lipinski definition) is 3. The van der Waals surface area contributed by atoms with Crippen LogP contribution >= 0.6 is 0 Å². The topological polar surface area (TPSA) is 66.6 Å². The zero-order chi connectivity index (χ0) is 19.0. The molecule has 0 radical (unpaired) electrons. The maximum absolute atomic E-state index is 13.3. The summed E-state index contributed by atoms with van der Waals surface area (Å²) < 4.78 is 0. The van der Waals surface area contributed by atoms with Gasteiger partial charge in [-0.3, -0.25) is 14.5 Å². The maximum Gasteiger partial charge on any atom is 0.241 e. The van der Waals surface area contributed by atoms with Crippen LogP contribution in [0.4, 0.5) is 5.69 Å². The van der Waals surface area contributed by atoms with Crippen LogP contribution in [0.2, 0.25) is 0 Å². The third kappa shape index (κ3) is 3.35. The van der Waals surface area contributed by atoms with E-state index in [2.05, 4.69) is 19.1 Å². The van der Waals surface area contributed by atoms with Crippen molar-refractivity contribution in [2.24, 2.45) is 5.73 Å². The molecular weight excluding hydrogens is 338 g/mol. The van der Waals surface area contributed by atoms with Crippen molar-refractivity contribution < 1.29 is 9.59 Å². The molecule has 2 N–H and O–H groups in total. The van der Waals surface area contributed by atoms with Gasteiger partial charge in [-0.1, -0.05) is 42.5 Å². The minimum Gasteiger partial charge on any atom is -0.368 e. The maximum atomic E-state index is 13.3. The molecule has 0 saturated heterocycles. The molecule has 0 aromatic heterocycles. The van der Waals surface area contributed by atoms with Crippen molar-refractivity contribution in [1.82, 2.24) is 4.90 Å². The molecule has 27 heavy (non-hydrogen) atoms. The Hall–Kier alpha value is -2.66. The number of hydrogen-bond donors (Lipinski definition) is 1. The zero-order valence-electron chi connectivity index (χ0n) is 15.6. The Balaban J connectivity index is 1.59. The molecule has 2 aliphatic heterocycles. The summed E-state index contributed by atoms with van der Waals surface area (Å²) >= 11 is 0. The normalized spacial score (nSPS) is 22.0. The summed E-state index contributed by atoms with van der Waals surface area (Å²) in [6, 6.07) is 15.9. The fraction of sp³-hybridized carbons (Fsp3) is 0.364. The van der Waals surface area contributed by atoms with Crippen LogP contribution in [0.1, 0.15) is 30.0 Å². The third-order valence-electron chi connectivity index (χ3n) is 5.80. The van der Waals surface area contributed by atoms with E-state index >= 15 is 0 Å². The highest BCUT2D eigenvalue weighted by Crippen LogP contribution is 2.31. The van der Waals surface area contributed by atoms with Crippen LogP contribution in [0.15, 0.2) is 48.5 Å². The molecule has 4 rings (SSSR count). The van der Waals surface area contributed by atoms with Gasteiger partial charge in [-0.05, 0) is 48.9 Å². The summed E-state index contributed by atoms with van der Waals surface area (Å²) in [5.41, 5.74) is 10.2. The molecule has 5 nitrogen and oxygen atoms in total. The molecule has 0 fully saturated rings. The average Bonchev–Trinajstić information content (AvgIpc) is 2.67. The minimum absolute atomic E-state index is 0.0280. The standard InChI is InChI=1S/C22H25N3O2/c1-15-10-11-16-6-4-5-9-19(16)25(15)21(26)14-24-13-18-8-3-2-7-17(18)12-20(24)22(23)27/h2-9,15,20H,10-14H2,1H3,(H2,23,27)/t15-,20-/m0/s1. The summed E-state index contributed by atoms with van der Waals surface area (Å²) in [6.07, 6.45) is 2.50. The minimum atomic E-state index is -0.445. The van der Waals surface area contributed by atoms with Gasteiger partial charge < -0.3 is 10.6 Å². The lowest BCUT2D eigenvalue weighted by atomic mass is 9.93. The number of carbonyl (C=O) groups is 2. The fourth-order valence-electron chi connectivity index (χ4n) is 4.34. The van der Waals surface area contributed by atoms with Gasteiger partial charge in [0.05, 0.1) is 12.6 Å². The smallest absolute Gasteiger partial charge is 0.241 e. The highest BCUT2D eigenvalue weighted by Gasteiger charge is 2.34. The number of benzene rings is 2. The lowest BCUT2D eigenvalue weighted by Crippen LogP contribution is -2.54. The molecule has 2 aromatic carbocycles. The van der Waals surface area contributed by atoms with Crippen LogP contribution in [0.5, 0.6) is 0 Å². The molecular formula is C22H25N3O2. The highest BCUT2D eigenvalue weighted by atomic mass is 16.2. The van der Waals surface area contributed by atoms with E-state index < -0.39 is 6.04 Å². The zero-order valence-corrected chi connectivity index (χ0v) is 15.6. The van der Waals surface area contributed by atoms with Crippen LogP contribution in [-0.2, 0) is 29.0 Å². The molecule has 2 heterocycles. The highest BCUT2D eigenvalue weighted by molar-refractivity contribution is 5.97. The van der Waals surface area contributed by atoms with Crippen molar-refractivity contribution in [2.45, 2.75) is 44.8 Å².